The number of likely N-dealkylation sites (tertiary alicyclic amines) is 1. The predicted molar refractivity (Wildman–Crippen MR) is 117 cm³/mol. The summed E-state index contributed by atoms with van der Waals surface area (Å²) in [6.07, 6.45) is 1.89. The molecule has 3 aromatic rings. The summed E-state index contributed by atoms with van der Waals surface area (Å²) in [5.41, 5.74) is 1.07. The third kappa shape index (κ3) is 5.16. The first-order chi connectivity index (χ1) is 14.7. The van der Waals surface area contributed by atoms with E-state index in [2.05, 4.69) is 22.3 Å². The molecule has 5 heteroatoms. The number of hydrogen-bond donors (Lipinski definition) is 1. The van der Waals surface area contributed by atoms with Gasteiger partial charge in [0.1, 0.15) is 18.2 Å². The standard InChI is InChI=1S/C25H27FN2O2/c26-22-12-10-19(11-13-22)17-28-15-4-7-21(18-28)25(29)27-14-16-30-24-9-3-6-20-5-1-2-8-23(20)24/h1-3,5-6,8-13,21H,4,7,14-18H2,(H,27,29)/t21-/m0/s1. The van der Waals surface area contributed by atoms with Crippen LogP contribution in [0.5, 0.6) is 5.75 Å². The van der Waals surface area contributed by atoms with E-state index in [-0.39, 0.29) is 17.6 Å². The van der Waals surface area contributed by atoms with Crippen LogP contribution in [0.25, 0.3) is 10.8 Å². The average molecular weight is 407 g/mol. The van der Waals surface area contributed by atoms with E-state index in [0.29, 0.717) is 13.2 Å². The Morgan fingerprint density at radius 2 is 1.87 bits per heavy atom. The Bertz CT molecular complexity index is 985. The number of carbonyl (C=O) groups is 1. The maximum Gasteiger partial charge on any atom is 0.224 e. The van der Waals surface area contributed by atoms with E-state index in [9.17, 15) is 9.18 Å². The van der Waals surface area contributed by atoms with E-state index in [0.717, 1.165) is 54.6 Å². The average Bonchev–Trinajstić information content (AvgIpc) is 2.78. The summed E-state index contributed by atoms with van der Waals surface area (Å²) in [7, 11) is 0. The monoisotopic (exact) mass is 406 g/mol. The third-order valence-corrected chi connectivity index (χ3v) is 5.60. The van der Waals surface area contributed by atoms with E-state index in [4.69, 9.17) is 4.74 Å². The Balaban J connectivity index is 1.24. The minimum Gasteiger partial charge on any atom is -0.491 e. The Morgan fingerprint density at radius 1 is 1.07 bits per heavy atom. The highest BCUT2D eigenvalue weighted by Crippen LogP contribution is 2.25. The number of benzene rings is 3. The van der Waals surface area contributed by atoms with Crippen LogP contribution in [0.2, 0.25) is 0 Å². The van der Waals surface area contributed by atoms with Crippen LogP contribution in [0.4, 0.5) is 4.39 Å². The molecule has 4 rings (SSSR count). The molecule has 0 radical (unpaired) electrons. The highest BCUT2D eigenvalue weighted by Gasteiger charge is 2.25. The smallest absolute Gasteiger partial charge is 0.224 e. The van der Waals surface area contributed by atoms with Gasteiger partial charge in [-0.2, -0.15) is 0 Å². The molecule has 156 valence electrons. The molecular weight excluding hydrogens is 379 g/mol. The van der Waals surface area contributed by atoms with Gasteiger partial charge in [0, 0.05) is 18.5 Å². The van der Waals surface area contributed by atoms with Gasteiger partial charge in [-0.1, -0.05) is 48.5 Å². The highest BCUT2D eigenvalue weighted by atomic mass is 19.1. The molecule has 1 heterocycles. The number of halogens is 1. The molecule has 0 spiro atoms. The second-order valence-corrected chi connectivity index (χ2v) is 7.82. The minimum atomic E-state index is -0.222. The summed E-state index contributed by atoms with van der Waals surface area (Å²) in [4.78, 5) is 14.9. The lowest BCUT2D eigenvalue weighted by atomic mass is 9.96. The molecule has 1 saturated heterocycles. The zero-order valence-corrected chi connectivity index (χ0v) is 17.0. The van der Waals surface area contributed by atoms with Crippen LogP contribution in [0.1, 0.15) is 18.4 Å². The van der Waals surface area contributed by atoms with Gasteiger partial charge in [-0.3, -0.25) is 9.69 Å². The number of nitrogens with zero attached hydrogens (tertiary/aromatic N) is 1. The number of amides is 1. The van der Waals surface area contributed by atoms with Gasteiger partial charge in [0.25, 0.3) is 0 Å². The normalized spacial score (nSPS) is 17.0. The van der Waals surface area contributed by atoms with Crippen LogP contribution in [0.15, 0.2) is 66.7 Å². The molecule has 1 N–H and O–H groups in total. The lowest BCUT2D eigenvalue weighted by Crippen LogP contribution is -2.43. The van der Waals surface area contributed by atoms with Gasteiger partial charge in [-0.15, -0.1) is 0 Å². The van der Waals surface area contributed by atoms with Gasteiger partial charge >= 0.3 is 0 Å². The Labute approximate surface area is 176 Å². The Hall–Kier alpha value is -2.92. The molecule has 3 aromatic carbocycles. The molecule has 1 aliphatic heterocycles. The largest absolute Gasteiger partial charge is 0.491 e. The number of ether oxygens (including phenoxy) is 1. The van der Waals surface area contributed by atoms with Crippen LogP contribution in [0, 0.1) is 11.7 Å². The number of piperidine rings is 1. The molecule has 30 heavy (non-hydrogen) atoms. The summed E-state index contributed by atoms with van der Waals surface area (Å²) >= 11 is 0. The topological polar surface area (TPSA) is 41.6 Å². The maximum absolute atomic E-state index is 13.1. The van der Waals surface area contributed by atoms with Crippen molar-refractivity contribution in [3.63, 3.8) is 0 Å². The molecule has 0 bridgehead atoms. The SMILES string of the molecule is O=C(NCCOc1cccc2ccccc12)[C@H]1CCCN(Cc2ccc(F)cc2)C1. The number of carbonyl (C=O) groups excluding carboxylic acids is 1. The predicted octanol–water partition coefficient (Wildman–Crippen LogP) is 4.39. The summed E-state index contributed by atoms with van der Waals surface area (Å²) in [5.74, 6) is 0.683. The highest BCUT2D eigenvalue weighted by molar-refractivity contribution is 5.88. The zero-order chi connectivity index (χ0) is 20.8. The fourth-order valence-electron chi connectivity index (χ4n) is 4.06. The van der Waals surface area contributed by atoms with Gasteiger partial charge in [0.05, 0.1) is 12.5 Å². The maximum atomic E-state index is 13.1. The van der Waals surface area contributed by atoms with Crippen molar-refractivity contribution in [3.8, 4) is 5.75 Å². The fourth-order valence-corrected chi connectivity index (χ4v) is 4.06. The summed E-state index contributed by atoms with van der Waals surface area (Å²) in [6, 6.07) is 20.7. The lowest BCUT2D eigenvalue weighted by Gasteiger charge is -2.32. The molecule has 4 nitrogen and oxygen atoms in total. The molecule has 0 aromatic heterocycles. The molecular formula is C25H27FN2O2. The van der Waals surface area contributed by atoms with Crippen LogP contribution in [-0.4, -0.2) is 37.0 Å². The quantitative estimate of drug-likeness (QED) is 0.592. The van der Waals surface area contributed by atoms with E-state index in [1.165, 1.54) is 12.1 Å². The van der Waals surface area contributed by atoms with E-state index < -0.39 is 0 Å². The van der Waals surface area contributed by atoms with Gasteiger partial charge < -0.3 is 10.1 Å². The molecule has 0 aliphatic carbocycles. The van der Waals surface area contributed by atoms with Gasteiger partial charge in [-0.05, 0) is 48.5 Å². The first-order valence-corrected chi connectivity index (χ1v) is 10.5. The number of fused-ring (bicyclic) bond motifs is 1. The van der Waals surface area contributed by atoms with Crippen molar-refractivity contribution in [2.24, 2.45) is 5.92 Å². The van der Waals surface area contributed by atoms with E-state index in [1.807, 2.05) is 42.5 Å². The van der Waals surface area contributed by atoms with Crippen LogP contribution >= 0.6 is 0 Å². The number of hydrogen-bond acceptors (Lipinski definition) is 3. The Kier molecular flexibility index (Phi) is 6.60. The lowest BCUT2D eigenvalue weighted by molar-refractivity contribution is -0.126. The van der Waals surface area contributed by atoms with Crippen molar-refractivity contribution in [1.82, 2.24) is 10.2 Å². The van der Waals surface area contributed by atoms with Crippen molar-refractivity contribution in [3.05, 3.63) is 78.1 Å². The molecule has 0 saturated carbocycles. The summed E-state index contributed by atoms with van der Waals surface area (Å²) < 4.78 is 19.0. The van der Waals surface area contributed by atoms with Crippen LogP contribution in [-0.2, 0) is 11.3 Å². The second kappa shape index (κ2) is 9.72. The number of rotatable bonds is 7. The molecule has 1 atom stereocenters. The van der Waals surface area contributed by atoms with Crippen LogP contribution in [0.3, 0.4) is 0 Å². The summed E-state index contributed by atoms with van der Waals surface area (Å²) in [6.45, 7) is 3.36. The summed E-state index contributed by atoms with van der Waals surface area (Å²) in [5, 5.41) is 5.24. The van der Waals surface area contributed by atoms with Crippen molar-refractivity contribution in [1.29, 1.82) is 0 Å². The van der Waals surface area contributed by atoms with Gasteiger partial charge in [0.2, 0.25) is 5.91 Å². The molecule has 1 aliphatic rings. The first kappa shape index (κ1) is 20.4. The van der Waals surface area contributed by atoms with Crippen LogP contribution < -0.4 is 10.1 Å². The van der Waals surface area contributed by atoms with Crippen molar-refractivity contribution >= 4 is 16.7 Å². The third-order valence-electron chi connectivity index (χ3n) is 5.60. The molecule has 0 unspecified atom stereocenters. The van der Waals surface area contributed by atoms with Gasteiger partial charge in [-0.25, -0.2) is 4.39 Å². The van der Waals surface area contributed by atoms with E-state index >= 15 is 0 Å². The zero-order valence-electron chi connectivity index (χ0n) is 17.0. The molecule has 1 fully saturated rings. The van der Waals surface area contributed by atoms with E-state index in [1.54, 1.807) is 0 Å². The fraction of sp³-hybridized carbons (Fsp3) is 0.320. The van der Waals surface area contributed by atoms with Crippen molar-refractivity contribution in [2.45, 2.75) is 19.4 Å². The number of nitrogens with one attached hydrogen (secondary N) is 1. The van der Waals surface area contributed by atoms with Crippen molar-refractivity contribution in [2.75, 3.05) is 26.2 Å². The minimum absolute atomic E-state index is 0.0169. The van der Waals surface area contributed by atoms with Crippen molar-refractivity contribution < 1.29 is 13.9 Å². The van der Waals surface area contributed by atoms with Gasteiger partial charge in [0.15, 0.2) is 0 Å². The Morgan fingerprint density at radius 3 is 2.73 bits per heavy atom. The molecule has 1 amide bonds. The second-order valence-electron chi connectivity index (χ2n) is 7.82. The first-order valence-electron chi connectivity index (χ1n) is 10.5.